The zero-order chi connectivity index (χ0) is 20.4. The number of benzene rings is 1. The predicted octanol–water partition coefficient (Wildman–Crippen LogP) is 3.17. The van der Waals surface area contributed by atoms with Crippen molar-refractivity contribution in [1.82, 2.24) is 9.21 Å². The molecule has 29 heavy (non-hydrogen) atoms. The Morgan fingerprint density at radius 1 is 1.21 bits per heavy atom. The normalized spacial score (nSPS) is 22.7. The number of carbonyl (C=O) groups excluding carboxylic acids is 1. The highest BCUT2D eigenvalue weighted by atomic mass is 32.2. The molecule has 0 radical (unpaired) electrons. The summed E-state index contributed by atoms with van der Waals surface area (Å²) < 4.78 is 32.8. The number of piperidine rings is 1. The van der Waals surface area contributed by atoms with E-state index in [9.17, 15) is 13.2 Å². The van der Waals surface area contributed by atoms with Crippen molar-refractivity contribution in [3.05, 3.63) is 41.8 Å². The third-order valence-corrected chi connectivity index (χ3v) is 9.79. The molecule has 7 nitrogen and oxygen atoms in total. The molecular weight excluding hydrogens is 430 g/mol. The van der Waals surface area contributed by atoms with Crippen molar-refractivity contribution < 1.29 is 17.9 Å². The fourth-order valence-corrected chi connectivity index (χ4v) is 7.86. The summed E-state index contributed by atoms with van der Waals surface area (Å²) in [4.78, 5) is 14.7. The first-order valence-corrected chi connectivity index (χ1v) is 12.7. The number of sulfonamides is 1. The molecule has 2 amide bonds. The van der Waals surface area contributed by atoms with Crippen molar-refractivity contribution in [3.63, 3.8) is 0 Å². The molecule has 2 fully saturated rings. The summed E-state index contributed by atoms with van der Waals surface area (Å²) in [6.07, 6.45) is 0.637. The number of methoxy groups -OCH3 is 1. The van der Waals surface area contributed by atoms with Crippen LogP contribution in [-0.4, -0.2) is 67.4 Å². The second kappa shape index (κ2) is 8.55. The fraction of sp³-hybridized carbons (Fsp3) is 0.421. The summed E-state index contributed by atoms with van der Waals surface area (Å²) in [5.74, 6) is 1.53. The van der Waals surface area contributed by atoms with Crippen molar-refractivity contribution in [3.8, 4) is 5.75 Å². The lowest BCUT2D eigenvalue weighted by molar-refractivity contribution is 0.160. The van der Waals surface area contributed by atoms with E-state index in [0.717, 1.165) is 11.5 Å². The minimum absolute atomic E-state index is 0.0294. The van der Waals surface area contributed by atoms with Gasteiger partial charge in [-0.3, -0.25) is 0 Å². The average molecular weight is 454 g/mol. The fourth-order valence-electron chi connectivity index (χ4n) is 3.74. The second-order valence-corrected chi connectivity index (χ2v) is 11.4. The molecule has 2 aliphatic rings. The molecule has 2 unspecified atom stereocenters. The van der Waals surface area contributed by atoms with Gasteiger partial charge in [0.25, 0.3) is 10.0 Å². The molecule has 1 aromatic carbocycles. The number of nitrogens with one attached hydrogen (secondary N) is 1. The smallest absolute Gasteiger partial charge is 0.322 e. The van der Waals surface area contributed by atoms with Gasteiger partial charge in [-0.25, -0.2) is 13.2 Å². The quantitative estimate of drug-likeness (QED) is 0.769. The van der Waals surface area contributed by atoms with Crippen LogP contribution in [0.3, 0.4) is 0 Å². The number of thiophene rings is 1. The lowest BCUT2D eigenvalue weighted by Crippen LogP contribution is -2.59. The van der Waals surface area contributed by atoms with Gasteiger partial charge in [0.15, 0.2) is 0 Å². The number of ether oxygens (including phenoxy) is 1. The van der Waals surface area contributed by atoms with Crippen LogP contribution in [0, 0.1) is 0 Å². The van der Waals surface area contributed by atoms with Crippen LogP contribution >= 0.6 is 23.1 Å². The Morgan fingerprint density at radius 3 is 2.69 bits per heavy atom. The number of carbonyl (C=O) groups is 1. The molecule has 10 heteroatoms. The highest BCUT2D eigenvalue weighted by Crippen LogP contribution is 2.34. The van der Waals surface area contributed by atoms with Crippen molar-refractivity contribution in [1.29, 1.82) is 0 Å². The second-order valence-electron chi connectivity index (χ2n) is 6.91. The zero-order valence-electron chi connectivity index (χ0n) is 16.0. The number of thioether (sulfide) groups is 1. The number of rotatable bonds is 4. The zero-order valence-corrected chi connectivity index (χ0v) is 18.4. The Morgan fingerprint density at radius 2 is 2.00 bits per heavy atom. The lowest BCUT2D eigenvalue weighted by atomic mass is 10.0. The van der Waals surface area contributed by atoms with E-state index in [0.29, 0.717) is 36.0 Å². The van der Waals surface area contributed by atoms with Crippen LogP contribution in [0.1, 0.15) is 6.42 Å². The van der Waals surface area contributed by atoms with Gasteiger partial charge >= 0.3 is 6.03 Å². The average Bonchev–Trinajstić information content (AvgIpc) is 3.29. The topological polar surface area (TPSA) is 79.0 Å². The third kappa shape index (κ3) is 4.25. The van der Waals surface area contributed by atoms with Crippen LogP contribution < -0.4 is 10.1 Å². The predicted molar refractivity (Wildman–Crippen MR) is 116 cm³/mol. The van der Waals surface area contributed by atoms with Crippen LogP contribution in [0.2, 0.25) is 0 Å². The van der Waals surface area contributed by atoms with Crippen LogP contribution in [0.15, 0.2) is 46.0 Å². The van der Waals surface area contributed by atoms with Crippen molar-refractivity contribution in [2.75, 3.05) is 37.8 Å². The first-order chi connectivity index (χ1) is 14.0. The summed E-state index contributed by atoms with van der Waals surface area (Å²) in [7, 11) is -1.85. The highest BCUT2D eigenvalue weighted by molar-refractivity contribution is 8.00. The Bertz CT molecular complexity index is 948. The molecule has 4 rings (SSSR count). The summed E-state index contributed by atoms with van der Waals surface area (Å²) in [6, 6.07) is 10.5. The first kappa shape index (κ1) is 20.5. The van der Waals surface area contributed by atoms with E-state index in [2.05, 4.69) is 5.32 Å². The maximum Gasteiger partial charge on any atom is 0.322 e. The van der Waals surface area contributed by atoms with Gasteiger partial charge in [-0.05, 0) is 42.1 Å². The van der Waals surface area contributed by atoms with Crippen molar-refractivity contribution in [2.24, 2.45) is 0 Å². The number of nitrogens with zero attached hydrogens (tertiary/aromatic N) is 2. The SMILES string of the molecule is COc1ccc(NC(=O)N2CCSC3CN(S(=O)(=O)c4cccs4)CCC32)cc1. The molecule has 156 valence electrons. The minimum atomic E-state index is -3.45. The Balaban J connectivity index is 1.43. The molecule has 0 aliphatic carbocycles. The van der Waals surface area contributed by atoms with Gasteiger partial charge in [-0.1, -0.05) is 6.07 Å². The van der Waals surface area contributed by atoms with Crippen LogP contribution in [-0.2, 0) is 10.0 Å². The molecule has 2 saturated heterocycles. The van der Waals surface area contributed by atoms with E-state index >= 15 is 0 Å². The first-order valence-electron chi connectivity index (χ1n) is 9.36. The summed E-state index contributed by atoms with van der Waals surface area (Å²) in [6.45, 7) is 1.52. The number of hydrogen-bond acceptors (Lipinski definition) is 6. The largest absolute Gasteiger partial charge is 0.497 e. The van der Waals surface area contributed by atoms with E-state index < -0.39 is 10.0 Å². The Hall–Kier alpha value is -1.75. The highest BCUT2D eigenvalue weighted by Gasteiger charge is 2.42. The number of anilines is 1. The van der Waals surface area contributed by atoms with Crippen LogP contribution in [0.4, 0.5) is 10.5 Å². The molecule has 2 atom stereocenters. The van der Waals surface area contributed by atoms with Gasteiger partial charge in [0.1, 0.15) is 9.96 Å². The van der Waals surface area contributed by atoms with Crippen molar-refractivity contribution in [2.45, 2.75) is 21.9 Å². The molecule has 2 aromatic rings. The molecule has 0 spiro atoms. The summed E-state index contributed by atoms with van der Waals surface area (Å²) in [5.41, 5.74) is 0.711. The lowest BCUT2D eigenvalue weighted by Gasteiger charge is -2.46. The van der Waals surface area contributed by atoms with Gasteiger partial charge in [0, 0.05) is 42.4 Å². The summed E-state index contributed by atoms with van der Waals surface area (Å²) >= 11 is 3.00. The van der Waals surface area contributed by atoms with Crippen molar-refractivity contribution >= 4 is 44.8 Å². The number of urea groups is 1. The summed E-state index contributed by atoms with van der Waals surface area (Å²) in [5, 5.41) is 4.81. The van der Waals surface area contributed by atoms with E-state index in [1.54, 1.807) is 52.8 Å². The standard InChI is InChI=1S/C19H23N3O4S3/c1-26-15-6-4-14(5-7-15)20-19(23)22-10-12-27-17-13-21(9-8-16(17)22)29(24,25)18-3-2-11-28-18/h2-7,11,16-17H,8-10,12-13H2,1H3,(H,20,23). The number of amides is 2. The molecule has 2 aliphatic heterocycles. The van der Waals surface area contributed by atoms with Gasteiger partial charge in [-0.15, -0.1) is 11.3 Å². The van der Waals surface area contributed by atoms with Gasteiger partial charge in [-0.2, -0.15) is 16.1 Å². The maximum atomic E-state index is 12.9. The third-order valence-electron chi connectivity index (χ3n) is 5.24. The monoisotopic (exact) mass is 453 g/mol. The van der Waals surface area contributed by atoms with Gasteiger partial charge in [0.2, 0.25) is 0 Å². The van der Waals surface area contributed by atoms with Gasteiger partial charge in [0.05, 0.1) is 7.11 Å². The maximum absolute atomic E-state index is 12.9. The number of fused-ring (bicyclic) bond motifs is 1. The van der Waals surface area contributed by atoms with E-state index in [4.69, 9.17) is 4.74 Å². The molecule has 1 aromatic heterocycles. The van der Waals surface area contributed by atoms with Gasteiger partial charge < -0.3 is 15.0 Å². The Kier molecular flexibility index (Phi) is 6.05. The molecule has 1 N–H and O–H groups in total. The van der Waals surface area contributed by atoms with E-state index in [1.807, 2.05) is 17.0 Å². The molecule has 3 heterocycles. The van der Waals surface area contributed by atoms with E-state index in [-0.39, 0.29) is 17.3 Å². The van der Waals surface area contributed by atoms with Crippen LogP contribution in [0.5, 0.6) is 5.75 Å². The Labute approximate surface area is 179 Å². The molecular formula is C19H23N3O4S3. The number of hydrogen-bond donors (Lipinski definition) is 1. The molecule has 0 saturated carbocycles. The minimum Gasteiger partial charge on any atom is -0.497 e. The molecule has 0 bridgehead atoms. The van der Waals surface area contributed by atoms with E-state index in [1.165, 1.54) is 11.3 Å². The van der Waals surface area contributed by atoms with Crippen LogP contribution in [0.25, 0.3) is 0 Å².